The molecule has 7 nitrogen and oxygen atoms in total. The summed E-state index contributed by atoms with van der Waals surface area (Å²) in [4.78, 5) is 0. The Morgan fingerprint density at radius 2 is 1.92 bits per heavy atom. The molecule has 1 aliphatic rings. The van der Waals surface area contributed by atoms with Crippen LogP contribution in [0.15, 0.2) is 42.1 Å². The summed E-state index contributed by atoms with van der Waals surface area (Å²) < 4.78 is 19.2. The fourth-order valence-corrected chi connectivity index (χ4v) is 4.82. The van der Waals surface area contributed by atoms with Crippen molar-refractivity contribution in [1.82, 2.24) is 15.0 Å². The van der Waals surface area contributed by atoms with Gasteiger partial charge in [0.25, 0.3) is 0 Å². The minimum absolute atomic E-state index is 0. The van der Waals surface area contributed by atoms with Crippen LogP contribution in [0, 0.1) is 5.92 Å². The van der Waals surface area contributed by atoms with Gasteiger partial charge in [0, 0.05) is 18.5 Å². The first-order valence-electron chi connectivity index (χ1n) is 13.2. The van der Waals surface area contributed by atoms with Gasteiger partial charge < -0.3 is 19.3 Å². The lowest BCUT2D eigenvalue weighted by Gasteiger charge is -2.32. The monoisotopic (exact) mass is 513 g/mol. The molecule has 0 saturated heterocycles. The summed E-state index contributed by atoms with van der Waals surface area (Å²) in [5, 5.41) is 19.1. The maximum absolute atomic E-state index is 11.2. The van der Waals surface area contributed by atoms with Gasteiger partial charge in [-0.2, -0.15) is 0 Å². The van der Waals surface area contributed by atoms with Crippen molar-refractivity contribution >= 4 is 0 Å². The summed E-state index contributed by atoms with van der Waals surface area (Å²) in [5.41, 5.74) is 5.27. The molecule has 1 N–H and O–H groups in total. The molecule has 206 valence electrons. The minimum Gasteiger partial charge on any atom is -0.507 e. The molecule has 1 heterocycles. The number of ether oxygens (including phenoxy) is 3. The molecule has 1 aromatic carbocycles. The van der Waals surface area contributed by atoms with Gasteiger partial charge in [-0.05, 0) is 63.1 Å². The molecule has 0 fully saturated rings. The number of hydrogen-bond acceptors (Lipinski definition) is 6. The molecule has 0 spiro atoms. The van der Waals surface area contributed by atoms with Crippen LogP contribution in [0.4, 0.5) is 0 Å². The Balaban J connectivity index is 0.00000481. The molecule has 2 aromatic rings. The third-order valence-corrected chi connectivity index (χ3v) is 6.72. The van der Waals surface area contributed by atoms with Crippen LogP contribution in [0.25, 0.3) is 0 Å². The second-order valence-corrected chi connectivity index (χ2v) is 9.91. The summed E-state index contributed by atoms with van der Waals surface area (Å²) in [6.07, 6.45) is 10.6. The zero-order valence-electron chi connectivity index (χ0n) is 22.5. The standard InChI is InChI=1S/C29H43N3O4.CH4/c1-6-7-8-9-23-17-27(33)29(26-16-22(4)10-11-25(26)21(2)3)28(18-23)36-15-14-34-12-13-35-20-24-19-32(5)31-30-24;/h16-19,25-26,33H,2,6-15,20H2,1,3-5H3;1H4. The van der Waals surface area contributed by atoms with Crippen molar-refractivity contribution in [2.24, 2.45) is 13.0 Å². The van der Waals surface area contributed by atoms with Crippen molar-refractivity contribution in [2.75, 3.05) is 26.4 Å². The second-order valence-electron chi connectivity index (χ2n) is 9.91. The summed E-state index contributed by atoms with van der Waals surface area (Å²) >= 11 is 0. The number of aryl methyl sites for hydroxylation is 2. The smallest absolute Gasteiger partial charge is 0.127 e. The lowest BCUT2D eigenvalue weighted by Crippen LogP contribution is -2.19. The zero-order chi connectivity index (χ0) is 25.9. The average molecular weight is 514 g/mol. The normalized spacial score (nSPS) is 17.2. The van der Waals surface area contributed by atoms with E-state index < -0.39 is 0 Å². The number of allylic oxidation sites excluding steroid dienone is 3. The number of hydrogen-bond donors (Lipinski definition) is 1. The number of rotatable bonds is 15. The molecule has 0 bridgehead atoms. The maximum Gasteiger partial charge on any atom is 0.127 e. The Morgan fingerprint density at radius 1 is 1.16 bits per heavy atom. The number of aromatic nitrogens is 3. The van der Waals surface area contributed by atoms with Crippen molar-refractivity contribution in [3.05, 3.63) is 59.0 Å². The lowest BCUT2D eigenvalue weighted by atomic mass is 9.73. The number of unbranched alkanes of at least 4 members (excludes halogenated alkanes) is 2. The summed E-state index contributed by atoms with van der Waals surface area (Å²) in [7, 11) is 1.83. The highest BCUT2D eigenvalue weighted by Crippen LogP contribution is 2.47. The van der Waals surface area contributed by atoms with E-state index >= 15 is 0 Å². The maximum atomic E-state index is 11.2. The fraction of sp³-hybridized carbons (Fsp3) is 0.600. The third-order valence-electron chi connectivity index (χ3n) is 6.72. The molecule has 0 amide bonds. The van der Waals surface area contributed by atoms with Crippen molar-refractivity contribution in [3.63, 3.8) is 0 Å². The summed E-state index contributed by atoms with van der Waals surface area (Å²) in [6.45, 7) is 12.9. The van der Waals surface area contributed by atoms with Crippen LogP contribution in [-0.4, -0.2) is 46.5 Å². The SMILES string of the molecule is C.C=C(C)C1CCC(C)=CC1c1c(O)cc(CCCCC)cc1OCCOCCOCc1cn(C)nn1. The molecule has 1 aliphatic carbocycles. The van der Waals surface area contributed by atoms with E-state index in [2.05, 4.69) is 49.8 Å². The highest BCUT2D eigenvalue weighted by molar-refractivity contribution is 5.52. The van der Waals surface area contributed by atoms with Gasteiger partial charge in [0.15, 0.2) is 0 Å². The van der Waals surface area contributed by atoms with Crippen LogP contribution in [0.2, 0.25) is 0 Å². The van der Waals surface area contributed by atoms with Crippen molar-refractivity contribution in [3.8, 4) is 11.5 Å². The first-order valence-corrected chi connectivity index (χ1v) is 13.2. The van der Waals surface area contributed by atoms with E-state index in [4.69, 9.17) is 14.2 Å². The molecule has 0 radical (unpaired) electrons. The van der Waals surface area contributed by atoms with E-state index in [9.17, 15) is 5.11 Å². The second kappa shape index (κ2) is 15.6. The molecule has 3 rings (SSSR count). The molecule has 2 atom stereocenters. The predicted octanol–water partition coefficient (Wildman–Crippen LogP) is 6.52. The third kappa shape index (κ3) is 9.31. The molecule has 0 aliphatic heterocycles. The van der Waals surface area contributed by atoms with Crippen LogP contribution in [0.3, 0.4) is 0 Å². The Kier molecular flexibility index (Phi) is 12.9. The van der Waals surface area contributed by atoms with Crippen molar-refractivity contribution in [2.45, 2.75) is 79.2 Å². The van der Waals surface area contributed by atoms with E-state index in [0.29, 0.717) is 38.8 Å². The van der Waals surface area contributed by atoms with Gasteiger partial charge >= 0.3 is 0 Å². The molecule has 2 unspecified atom stereocenters. The Bertz CT molecular complexity index is 1010. The van der Waals surface area contributed by atoms with Crippen molar-refractivity contribution < 1.29 is 19.3 Å². The number of aromatic hydroxyl groups is 1. The largest absolute Gasteiger partial charge is 0.507 e. The first kappa shape index (κ1) is 30.6. The number of benzene rings is 1. The Hall–Kier alpha value is -2.64. The topological polar surface area (TPSA) is 78.6 Å². The van der Waals surface area contributed by atoms with Crippen LogP contribution < -0.4 is 4.74 Å². The molecule has 0 saturated carbocycles. The lowest BCUT2D eigenvalue weighted by molar-refractivity contribution is 0.0293. The average Bonchev–Trinajstić information content (AvgIpc) is 3.25. The van der Waals surface area contributed by atoms with E-state index in [1.54, 1.807) is 4.68 Å². The zero-order valence-corrected chi connectivity index (χ0v) is 22.5. The number of phenolic OH excluding ortho intramolecular Hbond substituents is 1. The number of phenols is 1. The Morgan fingerprint density at radius 3 is 2.62 bits per heavy atom. The highest BCUT2D eigenvalue weighted by Gasteiger charge is 2.30. The van der Waals surface area contributed by atoms with E-state index in [0.717, 1.165) is 53.8 Å². The van der Waals surface area contributed by atoms with Gasteiger partial charge in [0.2, 0.25) is 0 Å². The molecular weight excluding hydrogens is 466 g/mol. The van der Waals surface area contributed by atoms with E-state index in [1.807, 2.05) is 19.3 Å². The van der Waals surface area contributed by atoms with Crippen LogP contribution in [0.1, 0.15) is 83.0 Å². The van der Waals surface area contributed by atoms with Crippen LogP contribution in [-0.2, 0) is 29.5 Å². The quantitative estimate of drug-likeness (QED) is 0.216. The Labute approximate surface area is 223 Å². The molecular formula is C30H47N3O4. The van der Waals surface area contributed by atoms with Gasteiger partial charge in [-0.25, -0.2) is 0 Å². The van der Waals surface area contributed by atoms with E-state index in [-0.39, 0.29) is 19.3 Å². The number of nitrogens with zero attached hydrogens (tertiary/aromatic N) is 3. The molecule has 1 aromatic heterocycles. The predicted molar refractivity (Wildman–Crippen MR) is 149 cm³/mol. The molecule has 7 heteroatoms. The highest BCUT2D eigenvalue weighted by atomic mass is 16.5. The van der Waals surface area contributed by atoms with Crippen LogP contribution in [0.5, 0.6) is 11.5 Å². The summed E-state index contributed by atoms with van der Waals surface area (Å²) in [6, 6.07) is 4.04. The van der Waals surface area contributed by atoms with E-state index in [1.165, 1.54) is 18.4 Å². The van der Waals surface area contributed by atoms with Gasteiger partial charge in [0.1, 0.15) is 23.8 Å². The minimum atomic E-state index is 0. The summed E-state index contributed by atoms with van der Waals surface area (Å²) in [5.74, 6) is 1.42. The van der Waals surface area contributed by atoms with Gasteiger partial charge in [-0.3, -0.25) is 4.68 Å². The van der Waals surface area contributed by atoms with Gasteiger partial charge in [-0.1, -0.05) is 56.2 Å². The van der Waals surface area contributed by atoms with Gasteiger partial charge in [-0.15, -0.1) is 5.10 Å². The first-order chi connectivity index (χ1) is 17.4. The fourth-order valence-electron chi connectivity index (χ4n) is 4.82. The van der Waals surface area contributed by atoms with Crippen LogP contribution >= 0.6 is 0 Å². The molecule has 37 heavy (non-hydrogen) atoms. The van der Waals surface area contributed by atoms with Crippen molar-refractivity contribution in [1.29, 1.82) is 0 Å². The van der Waals surface area contributed by atoms with Gasteiger partial charge in [0.05, 0.1) is 32.6 Å².